The molecule has 0 N–H and O–H groups in total. The summed E-state index contributed by atoms with van der Waals surface area (Å²) in [5.41, 5.74) is 8.01. The first kappa shape index (κ1) is 40.4. The summed E-state index contributed by atoms with van der Waals surface area (Å²) in [5.74, 6) is 3.72. The molecule has 4 saturated heterocycles. The van der Waals surface area contributed by atoms with Gasteiger partial charge in [-0.25, -0.2) is 9.18 Å². The number of pyridine rings is 1. The lowest BCUT2D eigenvalue weighted by molar-refractivity contribution is 0.0122. The molecule has 0 aliphatic carbocycles. The highest BCUT2D eigenvalue weighted by Gasteiger charge is 2.47. The third kappa shape index (κ3) is 7.53. The van der Waals surface area contributed by atoms with E-state index in [-0.39, 0.29) is 40.9 Å². The van der Waals surface area contributed by atoms with Crippen LogP contribution in [0.2, 0.25) is 16.6 Å². The molecule has 0 spiro atoms. The highest BCUT2D eigenvalue weighted by atomic mass is 28.3. The van der Waals surface area contributed by atoms with Gasteiger partial charge in [0.1, 0.15) is 37.3 Å². The molecule has 2 bridgehead atoms. The number of aromatic nitrogens is 3. The Kier molecular flexibility index (Phi) is 11.2. The second-order valence-corrected chi connectivity index (χ2v) is 24.5. The Morgan fingerprint density at radius 2 is 1.64 bits per heavy atom. The number of anilines is 1. The van der Waals surface area contributed by atoms with Crippen molar-refractivity contribution >= 4 is 30.9 Å². The van der Waals surface area contributed by atoms with Crippen LogP contribution in [0.5, 0.6) is 6.01 Å². The number of aryl methyl sites for hydroxylation is 1. The first-order valence-corrected chi connectivity index (χ1v) is 23.4. The topological polar surface area (TPSA) is 83.9 Å². The van der Waals surface area contributed by atoms with Crippen LogP contribution in [-0.4, -0.2) is 94.9 Å². The molecule has 9 nitrogen and oxygen atoms in total. The van der Waals surface area contributed by atoms with Gasteiger partial charge in [0, 0.05) is 31.3 Å². The highest BCUT2D eigenvalue weighted by molar-refractivity contribution is 6.90. The van der Waals surface area contributed by atoms with Crippen LogP contribution in [0.4, 0.5) is 15.0 Å². The molecule has 2 aromatic heterocycles. The number of carbonyl (C=O) groups excluding carboxylic acids is 1. The monoisotopic (exact) mass is 782 g/mol. The van der Waals surface area contributed by atoms with E-state index in [1.165, 1.54) is 0 Å². The summed E-state index contributed by atoms with van der Waals surface area (Å²) in [4.78, 5) is 34.7. The molecule has 1 amide bonds. The second-order valence-electron chi connectivity index (χ2n) is 18.9. The number of amides is 1. The van der Waals surface area contributed by atoms with Crippen molar-refractivity contribution in [3.8, 4) is 28.7 Å². The van der Waals surface area contributed by atoms with E-state index >= 15 is 4.39 Å². The van der Waals surface area contributed by atoms with Crippen molar-refractivity contribution in [3.05, 3.63) is 41.3 Å². The molecule has 2 atom stereocenters. The van der Waals surface area contributed by atoms with Gasteiger partial charge in [-0.3, -0.25) is 14.8 Å². The number of rotatable bonds is 9. The molecule has 11 heteroatoms. The summed E-state index contributed by atoms with van der Waals surface area (Å²) < 4.78 is 29.7. The van der Waals surface area contributed by atoms with Crippen molar-refractivity contribution in [2.45, 2.75) is 154 Å². The van der Waals surface area contributed by atoms with Crippen LogP contribution in [0, 0.1) is 24.2 Å². The van der Waals surface area contributed by atoms with Gasteiger partial charge in [-0.05, 0) is 108 Å². The lowest BCUT2D eigenvalue weighted by atomic mass is 9.95. The van der Waals surface area contributed by atoms with Crippen LogP contribution in [0.3, 0.4) is 0 Å². The highest BCUT2D eigenvalue weighted by Crippen LogP contribution is 2.43. The average Bonchev–Trinajstić information content (AvgIpc) is 3.79. The largest absolute Gasteiger partial charge is 0.461 e. The van der Waals surface area contributed by atoms with Gasteiger partial charge in [0.05, 0.1) is 23.0 Å². The minimum Gasteiger partial charge on any atom is -0.461 e. The number of nitrogens with zero attached hydrogens (tertiary/aromatic N) is 6. The number of halogens is 1. The molecule has 6 heterocycles. The number of hydrogen-bond donors (Lipinski definition) is 0. The molecule has 7 rings (SSSR count). The third-order valence-corrected chi connectivity index (χ3v) is 19.6. The van der Waals surface area contributed by atoms with E-state index in [4.69, 9.17) is 24.4 Å². The van der Waals surface area contributed by atoms with E-state index in [2.05, 4.69) is 74.9 Å². The van der Waals surface area contributed by atoms with Gasteiger partial charge in [-0.1, -0.05) is 59.2 Å². The fourth-order valence-corrected chi connectivity index (χ4v) is 15.9. The van der Waals surface area contributed by atoms with E-state index in [9.17, 15) is 4.79 Å². The van der Waals surface area contributed by atoms with Crippen LogP contribution >= 0.6 is 0 Å². The summed E-state index contributed by atoms with van der Waals surface area (Å²) >= 11 is 0. The molecular formula is C45H63FN6O3Si. The zero-order valence-electron chi connectivity index (χ0n) is 35.5. The average molecular weight is 783 g/mol. The van der Waals surface area contributed by atoms with Crippen LogP contribution in [-0.2, 0) is 11.2 Å². The summed E-state index contributed by atoms with van der Waals surface area (Å²) in [7, 11) is -1.94. The van der Waals surface area contributed by atoms with Crippen LogP contribution in [0.1, 0.15) is 112 Å². The first-order valence-electron chi connectivity index (χ1n) is 21.1. The van der Waals surface area contributed by atoms with Gasteiger partial charge in [0.2, 0.25) is 0 Å². The van der Waals surface area contributed by atoms with E-state index in [1.54, 1.807) is 6.20 Å². The van der Waals surface area contributed by atoms with Gasteiger partial charge >= 0.3 is 12.1 Å². The minimum atomic E-state index is -1.94. The Balaban J connectivity index is 1.27. The van der Waals surface area contributed by atoms with Crippen molar-refractivity contribution in [2.75, 3.05) is 37.7 Å². The zero-order valence-corrected chi connectivity index (χ0v) is 36.5. The minimum absolute atomic E-state index is 0.0166. The SMILES string of the molecule is Cc1ccc(CC#C[Si](C(C)C)(C(C)C)C(C)C)c(-c2ncc3c(N4CC5CCC(C4)N5C(=O)OC(C)(C)C)nc(OCC45CCCN4CCC5)nc3c2F)c1. The molecular weight excluding hydrogens is 720 g/mol. The lowest BCUT2D eigenvalue weighted by Crippen LogP contribution is -2.57. The van der Waals surface area contributed by atoms with Gasteiger partial charge in [0.15, 0.2) is 5.82 Å². The van der Waals surface area contributed by atoms with Crippen molar-refractivity contribution in [1.29, 1.82) is 0 Å². The lowest BCUT2D eigenvalue weighted by Gasteiger charge is -2.42. The molecule has 302 valence electrons. The predicted molar refractivity (Wildman–Crippen MR) is 225 cm³/mol. The Morgan fingerprint density at radius 3 is 2.25 bits per heavy atom. The Labute approximate surface area is 335 Å². The van der Waals surface area contributed by atoms with Crippen LogP contribution in [0.15, 0.2) is 24.4 Å². The maximum Gasteiger partial charge on any atom is 0.410 e. The van der Waals surface area contributed by atoms with Crippen LogP contribution < -0.4 is 9.64 Å². The summed E-state index contributed by atoms with van der Waals surface area (Å²) in [6.07, 6.45) is 8.18. The molecule has 2 unspecified atom stereocenters. The van der Waals surface area contributed by atoms with Gasteiger partial charge in [-0.15, -0.1) is 11.5 Å². The Morgan fingerprint density at radius 1 is 1.00 bits per heavy atom. The molecule has 1 aromatic carbocycles. The predicted octanol–water partition coefficient (Wildman–Crippen LogP) is 9.50. The van der Waals surface area contributed by atoms with Crippen molar-refractivity contribution in [1.82, 2.24) is 24.8 Å². The molecule has 0 saturated carbocycles. The van der Waals surface area contributed by atoms with Gasteiger partial charge < -0.3 is 14.4 Å². The standard InChI is InChI=1S/C45H63FN6O3Si/c1-29(2)56(30(3)4,31(5)6)23-11-14-33-16-15-32(7)24-36(33)39-38(46)40-37(25-47-39)41(49-42(48-40)54-28-45-19-12-21-51(45)22-13-20-45)50-26-34-17-18-35(27-50)52(34)43(53)55-44(8,9)10/h15-16,24-25,29-31,34-35H,12-14,17-22,26-28H2,1-10H3. The first-order chi connectivity index (χ1) is 26.5. The third-order valence-electron chi connectivity index (χ3n) is 13.3. The quantitative estimate of drug-likeness (QED) is 0.157. The summed E-state index contributed by atoms with van der Waals surface area (Å²) in [6.45, 7) is 25.4. The van der Waals surface area contributed by atoms with E-state index in [0.29, 0.717) is 53.9 Å². The van der Waals surface area contributed by atoms with Crippen molar-refractivity contribution in [2.24, 2.45) is 0 Å². The van der Waals surface area contributed by atoms with Gasteiger partial charge in [-0.2, -0.15) is 9.97 Å². The number of carbonyl (C=O) groups is 1. The fourth-order valence-electron chi connectivity index (χ4n) is 10.7. The van der Waals surface area contributed by atoms with E-state index < -0.39 is 19.5 Å². The molecule has 4 aliphatic heterocycles. The van der Waals surface area contributed by atoms with E-state index in [0.717, 1.165) is 68.3 Å². The number of ether oxygens (including phenoxy) is 2. The molecule has 3 aromatic rings. The smallest absolute Gasteiger partial charge is 0.410 e. The van der Waals surface area contributed by atoms with Crippen molar-refractivity contribution in [3.63, 3.8) is 0 Å². The number of hydrogen-bond acceptors (Lipinski definition) is 8. The normalized spacial score (nSPS) is 21.0. The molecule has 0 radical (unpaired) electrons. The van der Waals surface area contributed by atoms with E-state index in [1.807, 2.05) is 38.7 Å². The summed E-state index contributed by atoms with van der Waals surface area (Å²) in [6, 6.07) is 6.27. The van der Waals surface area contributed by atoms with Crippen LogP contribution in [0.25, 0.3) is 22.2 Å². The van der Waals surface area contributed by atoms with Crippen molar-refractivity contribution < 1.29 is 18.7 Å². The second kappa shape index (κ2) is 15.5. The Hall–Kier alpha value is -3.75. The number of benzene rings is 1. The fraction of sp³-hybridized carbons (Fsp3) is 0.644. The van der Waals surface area contributed by atoms with Gasteiger partial charge in [0.25, 0.3) is 0 Å². The maximum atomic E-state index is 17.3. The maximum absolute atomic E-state index is 17.3. The number of fused-ring (bicyclic) bond motifs is 4. The Bertz CT molecular complexity index is 1970. The number of piperazine rings is 1. The zero-order chi connectivity index (χ0) is 40.2. The summed E-state index contributed by atoms with van der Waals surface area (Å²) in [5, 5.41) is 0.542. The molecule has 56 heavy (non-hydrogen) atoms. The molecule has 4 aliphatic rings. The molecule has 4 fully saturated rings.